The van der Waals surface area contributed by atoms with Crippen LogP contribution in [0.1, 0.15) is 46.8 Å². The number of nitro benzene ring substituents is 2. The van der Waals surface area contributed by atoms with Crippen LogP contribution in [-0.2, 0) is 10.0 Å². The van der Waals surface area contributed by atoms with E-state index in [2.05, 4.69) is 4.72 Å². The first-order valence-electron chi connectivity index (χ1n) is 14.5. The van der Waals surface area contributed by atoms with E-state index in [1.807, 2.05) is 6.08 Å². The van der Waals surface area contributed by atoms with Crippen LogP contribution in [0.15, 0.2) is 113 Å². The Morgan fingerprint density at radius 1 is 0.915 bits per heavy atom. The van der Waals surface area contributed by atoms with E-state index in [0.717, 1.165) is 17.6 Å². The molecule has 1 fully saturated rings. The maximum Gasteiger partial charge on any atom is 0.274 e. The average molecular weight is 672 g/mol. The van der Waals surface area contributed by atoms with Crippen molar-refractivity contribution in [2.24, 2.45) is 11.0 Å². The molecule has 1 heterocycles. The summed E-state index contributed by atoms with van der Waals surface area (Å²) < 4.78 is 29.0. The number of carbonyl (C=O) groups excluding carboxylic acids is 1. The Morgan fingerprint density at radius 2 is 1.55 bits per heavy atom. The third-order valence-corrected chi connectivity index (χ3v) is 9.72. The summed E-state index contributed by atoms with van der Waals surface area (Å²) in [4.78, 5) is 35.6. The zero-order chi connectivity index (χ0) is 33.3. The number of sulfonamides is 1. The monoisotopic (exact) mass is 671 g/mol. The summed E-state index contributed by atoms with van der Waals surface area (Å²) in [5.41, 5.74) is 3.15. The van der Waals surface area contributed by atoms with E-state index in [4.69, 9.17) is 16.7 Å². The number of non-ortho nitro benzene ring substituents is 2. The summed E-state index contributed by atoms with van der Waals surface area (Å²) >= 11 is 5.92. The molecule has 2 atom stereocenters. The zero-order valence-corrected chi connectivity index (χ0v) is 26.1. The van der Waals surface area contributed by atoms with E-state index in [1.165, 1.54) is 65.7 Å². The molecule has 1 aliphatic carbocycles. The Morgan fingerprint density at radius 3 is 2.19 bits per heavy atom. The van der Waals surface area contributed by atoms with Crippen LogP contribution in [0, 0.1) is 26.1 Å². The van der Waals surface area contributed by atoms with Gasteiger partial charge in [-0.15, -0.1) is 0 Å². The summed E-state index contributed by atoms with van der Waals surface area (Å²) in [5.74, 6) is -0.801. The molecule has 0 spiro atoms. The molecule has 0 bridgehead atoms. The van der Waals surface area contributed by atoms with E-state index in [0.29, 0.717) is 34.8 Å². The minimum atomic E-state index is -4.07. The lowest BCUT2D eigenvalue weighted by molar-refractivity contribution is -0.385. The zero-order valence-electron chi connectivity index (χ0n) is 24.5. The second-order valence-electron chi connectivity index (χ2n) is 11.1. The van der Waals surface area contributed by atoms with E-state index in [9.17, 15) is 33.4 Å². The Kier molecular flexibility index (Phi) is 8.58. The summed E-state index contributed by atoms with van der Waals surface area (Å²) in [6.07, 6.45) is 4.01. The van der Waals surface area contributed by atoms with Crippen LogP contribution in [0.4, 0.5) is 17.1 Å². The lowest BCUT2D eigenvalue weighted by Crippen LogP contribution is -2.32. The minimum absolute atomic E-state index is 0.0329. The van der Waals surface area contributed by atoms with Gasteiger partial charge in [0, 0.05) is 46.5 Å². The van der Waals surface area contributed by atoms with Crippen molar-refractivity contribution < 1.29 is 23.1 Å². The van der Waals surface area contributed by atoms with Gasteiger partial charge in [-0.1, -0.05) is 29.8 Å². The molecule has 1 N–H and O–H groups in total. The number of nitrogens with one attached hydrogen (secondary N) is 1. The first-order chi connectivity index (χ1) is 22.5. The van der Waals surface area contributed by atoms with Gasteiger partial charge < -0.3 is 0 Å². The fraction of sp³-hybridized carbons (Fsp3) is 0.152. The summed E-state index contributed by atoms with van der Waals surface area (Å²) in [7, 11) is -4.07. The van der Waals surface area contributed by atoms with Gasteiger partial charge in [0.05, 0.1) is 26.5 Å². The van der Waals surface area contributed by atoms with E-state index >= 15 is 0 Å². The topological polar surface area (TPSA) is 165 Å². The number of hydrazone groups is 1. The van der Waals surface area contributed by atoms with Crippen LogP contribution in [0.5, 0.6) is 0 Å². The van der Waals surface area contributed by atoms with Crippen LogP contribution in [0.3, 0.4) is 0 Å². The number of hydrogen-bond acceptors (Lipinski definition) is 8. The Balaban J connectivity index is 1.37. The van der Waals surface area contributed by atoms with E-state index in [1.54, 1.807) is 36.4 Å². The quantitative estimate of drug-likeness (QED) is 0.151. The van der Waals surface area contributed by atoms with Crippen molar-refractivity contribution in [1.82, 2.24) is 5.01 Å². The number of nitro groups is 2. The number of allylic oxidation sites excluding steroid dienone is 1. The van der Waals surface area contributed by atoms with Gasteiger partial charge in [-0.05, 0) is 96.6 Å². The molecule has 12 nitrogen and oxygen atoms in total. The first-order valence-corrected chi connectivity index (χ1v) is 16.4. The number of anilines is 1. The fourth-order valence-electron chi connectivity index (χ4n) is 5.85. The molecule has 0 saturated heterocycles. The molecule has 4 aromatic rings. The van der Waals surface area contributed by atoms with Gasteiger partial charge in [-0.3, -0.25) is 29.7 Å². The number of hydrogen-bond donors (Lipinski definition) is 1. The molecule has 0 aromatic heterocycles. The summed E-state index contributed by atoms with van der Waals surface area (Å²) in [6, 6.07) is 23.2. The maximum atomic E-state index is 14.2. The lowest BCUT2D eigenvalue weighted by atomic mass is 9.77. The standard InChI is InChI=1S/C33H26ClN5O7S/c34-25-11-13-26(14-12-25)36-47(45,46)29-5-1-4-24(20-29)33(40)37-32(22-9-17-28(18-10-22)39(43)44)30-6-2-3-23(31(30)35-37)19-21-7-15-27(16-8-21)38(41)42/h1,4-5,7-20,30,32,36H,2-3,6H2/b23-19+/t30-,32-/m0/s1. The first kappa shape index (κ1) is 31.6. The molecule has 1 amide bonds. The predicted molar refractivity (Wildman–Crippen MR) is 177 cm³/mol. The van der Waals surface area contributed by atoms with Gasteiger partial charge in [-0.2, -0.15) is 5.10 Å². The van der Waals surface area contributed by atoms with Crippen molar-refractivity contribution in [3.63, 3.8) is 0 Å². The maximum absolute atomic E-state index is 14.2. The van der Waals surface area contributed by atoms with Gasteiger partial charge in [0.2, 0.25) is 0 Å². The predicted octanol–water partition coefficient (Wildman–Crippen LogP) is 7.39. The van der Waals surface area contributed by atoms with Gasteiger partial charge >= 0.3 is 0 Å². The van der Waals surface area contributed by atoms with Crippen molar-refractivity contribution >= 4 is 56.4 Å². The number of amides is 1. The highest BCUT2D eigenvalue weighted by Gasteiger charge is 2.44. The van der Waals surface area contributed by atoms with Crippen LogP contribution < -0.4 is 4.72 Å². The van der Waals surface area contributed by atoms with E-state index in [-0.39, 0.29) is 27.8 Å². The molecule has 0 radical (unpaired) electrons. The summed E-state index contributed by atoms with van der Waals surface area (Å²) in [6.45, 7) is 0. The third kappa shape index (κ3) is 6.62. The SMILES string of the molecule is O=C(c1cccc(S(=O)(=O)Nc2ccc(Cl)cc2)c1)N1N=C2/C(=C/c3ccc([N+](=O)[O-])cc3)CCC[C@@H]2[C@@H]1c1ccc([N+](=O)[O-])cc1. The lowest BCUT2D eigenvalue weighted by Gasteiger charge is -2.29. The summed E-state index contributed by atoms with van der Waals surface area (Å²) in [5, 5.41) is 29.1. The molecule has 1 aliphatic heterocycles. The van der Waals surface area contributed by atoms with Crippen molar-refractivity contribution in [1.29, 1.82) is 0 Å². The number of fused-ring (bicyclic) bond motifs is 1. The molecule has 238 valence electrons. The second kappa shape index (κ2) is 12.8. The van der Waals surface area contributed by atoms with Crippen molar-refractivity contribution in [3.05, 3.63) is 145 Å². The average Bonchev–Trinajstić information content (AvgIpc) is 3.46. The van der Waals surface area contributed by atoms with Gasteiger partial charge in [0.1, 0.15) is 0 Å². The smallest absolute Gasteiger partial charge is 0.274 e. The number of benzene rings is 4. The highest BCUT2D eigenvalue weighted by Crippen LogP contribution is 2.45. The van der Waals surface area contributed by atoms with Gasteiger partial charge in [0.15, 0.2) is 0 Å². The molecular weight excluding hydrogens is 646 g/mol. The Labute approximate surface area is 274 Å². The number of halogens is 1. The van der Waals surface area contributed by atoms with Crippen LogP contribution in [0.25, 0.3) is 6.08 Å². The van der Waals surface area contributed by atoms with E-state index < -0.39 is 31.8 Å². The molecule has 0 unspecified atom stereocenters. The molecule has 4 aromatic carbocycles. The van der Waals surface area contributed by atoms with Crippen molar-refractivity contribution in [2.75, 3.05) is 4.72 Å². The molecule has 14 heteroatoms. The van der Waals surface area contributed by atoms with Gasteiger partial charge in [0.25, 0.3) is 27.3 Å². The molecule has 1 saturated carbocycles. The second-order valence-corrected chi connectivity index (χ2v) is 13.2. The van der Waals surface area contributed by atoms with Crippen LogP contribution in [-0.4, -0.2) is 34.9 Å². The Bertz CT molecular complexity index is 2050. The highest BCUT2D eigenvalue weighted by atomic mass is 35.5. The van der Waals surface area contributed by atoms with Crippen molar-refractivity contribution in [2.45, 2.75) is 30.2 Å². The largest absolute Gasteiger partial charge is 0.280 e. The van der Waals surface area contributed by atoms with Gasteiger partial charge in [-0.25, -0.2) is 13.4 Å². The van der Waals surface area contributed by atoms with Crippen molar-refractivity contribution in [3.8, 4) is 0 Å². The molecule has 47 heavy (non-hydrogen) atoms. The minimum Gasteiger partial charge on any atom is -0.280 e. The number of carbonyl (C=O) groups is 1. The third-order valence-electron chi connectivity index (χ3n) is 8.09. The highest BCUT2D eigenvalue weighted by molar-refractivity contribution is 7.92. The van der Waals surface area contributed by atoms with Crippen LogP contribution in [0.2, 0.25) is 5.02 Å². The Hall–Kier alpha value is -5.40. The fourth-order valence-corrected chi connectivity index (χ4v) is 7.08. The molecule has 6 rings (SSSR count). The number of nitrogens with zero attached hydrogens (tertiary/aromatic N) is 4. The normalized spacial score (nSPS) is 18.4. The molecule has 2 aliphatic rings. The van der Waals surface area contributed by atoms with Crippen LogP contribution >= 0.6 is 11.6 Å². The molecular formula is C33H26ClN5O7S. The number of rotatable bonds is 8.